The SMILES string of the molecule is Nc1ccc(SCCS(=O)(=O)N2CCCCO2)cc1. The molecule has 0 bridgehead atoms. The van der Waals surface area contributed by atoms with E-state index in [2.05, 4.69) is 0 Å². The standard InChI is InChI=1S/C12H18N2O3S2/c13-11-3-5-12(6-4-11)18-9-10-19(15,16)14-7-1-2-8-17-14/h3-6H,1-2,7-10,13H2. The number of benzene rings is 1. The zero-order valence-corrected chi connectivity index (χ0v) is 12.3. The quantitative estimate of drug-likeness (QED) is 0.662. The van der Waals surface area contributed by atoms with Crippen molar-refractivity contribution in [3.05, 3.63) is 24.3 Å². The number of hydroxylamine groups is 1. The van der Waals surface area contributed by atoms with Crippen LogP contribution in [0.3, 0.4) is 0 Å². The molecule has 1 saturated heterocycles. The Morgan fingerprint density at radius 2 is 2.00 bits per heavy atom. The van der Waals surface area contributed by atoms with Crippen molar-refractivity contribution in [1.29, 1.82) is 0 Å². The molecule has 7 heteroatoms. The summed E-state index contributed by atoms with van der Waals surface area (Å²) < 4.78 is 25.1. The maximum absolute atomic E-state index is 12.0. The summed E-state index contributed by atoms with van der Waals surface area (Å²) in [5.74, 6) is 0.591. The molecule has 0 spiro atoms. The molecule has 1 aliphatic heterocycles. The molecule has 0 aliphatic carbocycles. The fraction of sp³-hybridized carbons (Fsp3) is 0.500. The normalized spacial score (nSPS) is 17.5. The molecule has 2 N–H and O–H groups in total. The van der Waals surface area contributed by atoms with Crippen LogP contribution >= 0.6 is 11.8 Å². The number of hydrogen-bond acceptors (Lipinski definition) is 5. The second-order valence-corrected chi connectivity index (χ2v) is 7.45. The molecule has 0 saturated carbocycles. The van der Waals surface area contributed by atoms with E-state index in [1.54, 1.807) is 0 Å². The Morgan fingerprint density at radius 3 is 2.63 bits per heavy atom. The van der Waals surface area contributed by atoms with Crippen LogP contribution in [0.4, 0.5) is 5.69 Å². The Hall–Kier alpha value is -0.760. The highest BCUT2D eigenvalue weighted by molar-refractivity contribution is 8.00. The van der Waals surface area contributed by atoms with Gasteiger partial charge in [0.1, 0.15) is 0 Å². The molecule has 106 valence electrons. The third-order valence-electron chi connectivity index (χ3n) is 2.77. The zero-order valence-electron chi connectivity index (χ0n) is 10.6. The van der Waals surface area contributed by atoms with Crippen LogP contribution in [-0.4, -0.2) is 37.5 Å². The third-order valence-corrected chi connectivity index (χ3v) is 5.67. The minimum Gasteiger partial charge on any atom is -0.399 e. The topological polar surface area (TPSA) is 72.6 Å². The average Bonchev–Trinajstić information content (AvgIpc) is 2.42. The van der Waals surface area contributed by atoms with Gasteiger partial charge in [0.15, 0.2) is 0 Å². The predicted molar refractivity (Wildman–Crippen MR) is 77.3 cm³/mol. The van der Waals surface area contributed by atoms with Gasteiger partial charge < -0.3 is 5.73 Å². The largest absolute Gasteiger partial charge is 0.399 e. The summed E-state index contributed by atoms with van der Waals surface area (Å²) in [5.41, 5.74) is 6.30. The number of nitrogens with two attached hydrogens (primary N) is 1. The summed E-state index contributed by atoms with van der Waals surface area (Å²) in [4.78, 5) is 6.20. The summed E-state index contributed by atoms with van der Waals surface area (Å²) in [5, 5.41) is 0. The van der Waals surface area contributed by atoms with Crippen LogP contribution in [0.1, 0.15) is 12.8 Å². The van der Waals surface area contributed by atoms with Gasteiger partial charge in [-0.1, -0.05) is 4.47 Å². The highest BCUT2D eigenvalue weighted by Gasteiger charge is 2.24. The van der Waals surface area contributed by atoms with E-state index in [4.69, 9.17) is 10.6 Å². The number of rotatable bonds is 5. The lowest BCUT2D eigenvalue weighted by Gasteiger charge is -2.25. The Bertz CT molecular complexity index is 496. The summed E-state index contributed by atoms with van der Waals surface area (Å²) in [6.45, 7) is 0.958. The van der Waals surface area contributed by atoms with Crippen LogP contribution in [0.15, 0.2) is 29.2 Å². The molecule has 2 rings (SSSR count). The summed E-state index contributed by atoms with van der Waals surface area (Å²) >= 11 is 1.50. The van der Waals surface area contributed by atoms with E-state index in [1.165, 1.54) is 11.8 Å². The molecule has 1 aromatic carbocycles. The predicted octanol–water partition coefficient (Wildman–Crippen LogP) is 1.72. The van der Waals surface area contributed by atoms with Crippen molar-refractivity contribution in [3.63, 3.8) is 0 Å². The van der Waals surface area contributed by atoms with E-state index in [-0.39, 0.29) is 5.75 Å². The number of nitrogens with zero attached hydrogens (tertiary/aromatic N) is 1. The van der Waals surface area contributed by atoms with Crippen molar-refractivity contribution in [2.75, 3.05) is 30.4 Å². The van der Waals surface area contributed by atoms with E-state index >= 15 is 0 Å². The monoisotopic (exact) mass is 302 g/mol. The number of nitrogen functional groups attached to an aromatic ring is 1. The van der Waals surface area contributed by atoms with Gasteiger partial charge in [-0.15, -0.1) is 11.8 Å². The van der Waals surface area contributed by atoms with Gasteiger partial charge in [-0.3, -0.25) is 4.84 Å². The Kier molecular flexibility index (Phi) is 5.09. The molecule has 1 aliphatic rings. The van der Waals surface area contributed by atoms with Gasteiger partial charge in [0, 0.05) is 22.9 Å². The summed E-state index contributed by atoms with van der Waals surface area (Å²) in [6.07, 6.45) is 1.79. The molecule has 0 amide bonds. The van der Waals surface area contributed by atoms with Crippen LogP contribution in [0.25, 0.3) is 0 Å². The average molecular weight is 302 g/mol. The summed E-state index contributed by atoms with van der Waals surface area (Å²) in [7, 11) is -3.30. The highest BCUT2D eigenvalue weighted by Crippen LogP contribution is 2.20. The van der Waals surface area contributed by atoms with Gasteiger partial charge in [0.2, 0.25) is 10.0 Å². The van der Waals surface area contributed by atoms with Crippen LogP contribution in [-0.2, 0) is 14.9 Å². The molecule has 1 fully saturated rings. The molecular formula is C12H18N2O3S2. The Morgan fingerprint density at radius 1 is 1.26 bits per heavy atom. The zero-order chi connectivity index (χ0) is 13.7. The first-order chi connectivity index (χ1) is 9.08. The highest BCUT2D eigenvalue weighted by atomic mass is 32.2. The minimum atomic E-state index is -3.30. The van der Waals surface area contributed by atoms with Crippen molar-refractivity contribution in [2.24, 2.45) is 0 Å². The van der Waals surface area contributed by atoms with Crippen molar-refractivity contribution < 1.29 is 13.3 Å². The van der Waals surface area contributed by atoms with Gasteiger partial charge in [0.05, 0.1) is 12.4 Å². The van der Waals surface area contributed by atoms with Crippen molar-refractivity contribution in [1.82, 2.24) is 4.47 Å². The van der Waals surface area contributed by atoms with E-state index in [1.807, 2.05) is 24.3 Å². The van der Waals surface area contributed by atoms with E-state index in [0.717, 1.165) is 22.2 Å². The first kappa shape index (κ1) is 14.6. The molecule has 19 heavy (non-hydrogen) atoms. The fourth-order valence-corrected chi connectivity index (χ4v) is 4.31. The lowest BCUT2D eigenvalue weighted by atomic mass is 10.3. The molecule has 0 radical (unpaired) electrons. The van der Waals surface area contributed by atoms with Crippen molar-refractivity contribution in [2.45, 2.75) is 17.7 Å². The van der Waals surface area contributed by atoms with Crippen LogP contribution in [0.2, 0.25) is 0 Å². The molecule has 5 nitrogen and oxygen atoms in total. The van der Waals surface area contributed by atoms with Crippen LogP contribution < -0.4 is 5.73 Å². The maximum Gasteiger partial charge on any atom is 0.236 e. The molecule has 0 unspecified atom stereocenters. The first-order valence-corrected chi connectivity index (χ1v) is 8.79. The molecule has 1 heterocycles. The maximum atomic E-state index is 12.0. The lowest BCUT2D eigenvalue weighted by Crippen LogP contribution is -2.37. The fourth-order valence-electron chi connectivity index (χ4n) is 1.72. The third kappa shape index (κ3) is 4.38. The van der Waals surface area contributed by atoms with Gasteiger partial charge in [0.25, 0.3) is 0 Å². The van der Waals surface area contributed by atoms with E-state index < -0.39 is 10.0 Å². The molecule has 0 aromatic heterocycles. The molecule has 1 aromatic rings. The number of hydrogen-bond donors (Lipinski definition) is 1. The Labute approximate surface area is 118 Å². The molecule has 0 atom stereocenters. The van der Waals surface area contributed by atoms with Gasteiger partial charge in [-0.05, 0) is 37.1 Å². The van der Waals surface area contributed by atoms with Gasteiger partial charge in [-0.2, -0.15) is 0 Å². The van der Waals surface area contributed by atoms with Gasteiger partial charge in [-0.25, -0.2) is 8.42 Å². The van der Waals surface area contributed by atoms with Gasteiger partial charge >= 0.3 is 0 Å². The number of sulfonamides is 1. The second-order valence-electron chi connectivity index (χ2n) is 4.30. The minimum absolute atomic E-state index is 0.0854. The van der Waals surface area contributed by atoms with Crippen molar-refractivity contribution in [3.8, 4) is 0 Å². The molecular weight excluding hydrogens is 284 g/mol. The first-order valence-electron chi connectivity index (χ1n) is 6.19. The number of anilines is 1. The van der Waals surface area contributed by atoms with E-state index in [0.29, 0.717) is 24.6 Å². The number of thioether (sulfide) groups is 1. The van der Waals surface area contributed by atoms with E-state index in [9.17, 15) is 8.42 Å². The van der Waals surface area contributed by atoms with Crippen LogP contribution in [0.5, 0.6) is 0 Å². The van der Waals surface area contributed by atoms with Crippen molar-refractivity contribution >= 4 is 27.5 Å². The lowest BCUT2D eigenvalue weighted by molar-refractivity contribution is -0.108. The summed E-state index contributed by atoms with van der Waals surface area (Å²) in [6, 6.07) is 7.41. The van der Waals surface area contributed by atoms with Crippen LogP contribution in [0, 0.1) is 0 Å². The Balaban J connectivity index is 1.82. The smallest absolute Gasteiger partial charge is 0.236 e. The second kappa shape index (κ2) is 6.60.